The average Bonchev–Trinajstić information content (AvgIpc) is 3.38. The summed E-state index contributed by atoms with van der Waals surface area (Å²) in [6.45, 7) is 15.4. The van der Waals surface area contributed by atoms with Crippen molar-refractivity contribution in [2.45, 2.75) is 62.3 Å². The molecule has 7 rings (SSSR count). The summed E-state index contributed by atoms with van der Waals surface area (Å²) in [5.41, 5.74) is 1.97. The normalized spacial score (nSPS) is 9.39. The standard InChI is InChI=1S/6C9H8O4.C7H8.C2H6/c1-5-2-6(8(10)11)4-7(3-5)9(12)13;1-5-4-6(8(10)11)2-3-7(5)9(12)13;1-5-2-3-6(8(10)11)4-7(5)9(12)13;1-5-2-3-6(8(10)11)7(4-5)9(12)13;1-5-6(8(10)11)3-2-4-7(5)9(12)13;1-5-3-2-4-6(8(10)11)7(5)9(12)13;1-7-5-3-2-4-6-7;1-2/h6*2-4H,1H3,(H,10,11)(H,12,13);2-6H,1H3;1-2H3/p-10. The molecule has 0 unspecified atom stereocenters. The Kier molecular flexibility index (Phi) is 31.6. The molecule has 0 saturated heterocycles. The third-order valence-electron chi connectivity index (χ3n) is 11.0. The van der Waals surface area contributed by atoms with E-state index in [4.69, 9.17) is 10.2 Å². The first-order valence-corrected chi connectivity index (χ1v) is 24.8. The van der Waals surface area contributed by atoms with Gasteiger partial charge in [0, 0.05) is 38.9 Å². The number of carboxylic acids is 12. The van der Waals surface area contributed by atoms with E-state index in [1.54, 1.807) is 20.8 Å². The zero-order valence-electron chi connectivity index (χ0n) is 47.7. The molecule has 0 fully saturated rings. The molecule has 0 saturated carbocycles. The lowest BCUT2D eigenvalue weighted by atomic mass is 10.0. The van der Waals surface area contributed by atoms with Crippen LogP contribution < -0.4 is 51.1 Å². The van der Waals surface area contributed by atoms with Crippen LogP contribution in [0.2, 0.25) is 0 Å². The number of aromatic carboxylic acids is 12. The molecule has 0 aliphatic carbocycles. The quantitative estimate of drug-likeness (QED) is 0.134. The number of aryl methyl sites for hydroxylation is 6. The molecule has 0 atom stereocenters. The molecule has 24 nitrogen and oxygen atoms in total. The third-order valence-corrected chi connectivity index (χ3v) is 11.0. The molecule has 0 heterocycles. The van der Waals surface area contributed by atoms with Gasteiger partial charge in [-0.05, 0) is 123 Å². The molecular weight excluding hydrogens is 1140 g/mol. The molecule has 0 aliphatic heterocycles. The summed E-state index contributed by atoms with van der Waals surface area (Å²) < 4.78 is 0. The van der Waals surface area contributed by atoms with Crippen molar-refractivity contribution in [1.29, 1.82) is 0 Å². The van der Waals surface area contributed by atoms with Crippen LogP contribution in [-0.4, -0.2) is 81.8 Å². The van der Waals surface area contributed by atoms with Crippen LogP contribution in [-0.2, 0) is 0 Å². The number of carbonyl (C=O) groups is 12. The lowest BCUT2D eigenvalue weighted by Crippen LogP contribution is -2.30. The van der Waals surface area contributed by atoms with Crippen LogP contribution in [0.4, 0.5) is 0 Å². The van der Waals surface area contributed by atoms with Crippen LogP contribution in [0.5, 0.6) is 0 Å². The Morgan fingerprint density at radius 3 is 1.06 bits per heavy atom. The number of hydrogen-bond acceptors (Lipinski definition) is 22. The molecular formula is C63H52O24-10. The minimum atomic E-state index is -1.51. The zero-order chi connectivity index (χ0) is 67.2. The van der Waals surface area contributed by atoms with E-state index in [0.29, 0.717) is 27.8 Å². The molecule has 458 valence electrons. The maximum Gasteiger partial charge on any atom is 0.335 e. The maximum absolute atomic E-state index is 10.6. The van der Waals surface area contributed by atoms with E-state index in [0.717, 1.165) is 12.1 Å². The van der Waals surface area contributed by atoms with Crippen LogP contribution >= 0.6 is 0 Å². The summed E-state index contributed by atoms with van der Waals surface area (Å²) in [6, 6.07) is 33.5. The first kappa shape index (κ1) is 75.2. The highest BCUT2D eigenvalue weighted by atomic mass is 16.4. The molecule has 87 heavy (non-hydrogen) atoms. The molecule has 2 N–H and O–H groups in total. The van der Waals surface area contributed by atoms with Gasteiger partial charge < -0.3 is 109 Å². The molecule has 7 aromatic carbocycles. The number of benzene rings is 7. The number of carboxylic acid groups (broad SMARTS) is 12. The van der Waals surface area contributed by atoms with Gasteiger partial charge in [0.05, 0.1) is 70.8 Å². The van der Waals surface area contributed by atoms with Crippen LogP contribution in [0.25, 0.3) is 0 Å². The Bertz CT molecular complexity index is 3580. The van der Waals surface area contributed by atoms with E-state index < -0.39 is 71.6 Å². The minimum Gasteiger partial charge on any atom is -0.545 e. The second-order valence-electron chi connectivity index (χ2n) is 17.3. The maximum atomic E-state index is 10.6. The first-order valence-electron chi connectivity index (χ1n) is 24.8. The molecule has 24 heteroatoms. The van der Waals surface area contributed by atoms with Gasteiger partial charge in [-0.2, -0.15) is 0 Å². The highest BCUT2D eigenvalue weighted by Gasteiger charge is 2.12. The highest BCUT2D eigenvalue weighted by Crippen LogP contribution is 2.15. The van der Waals surface area contributed by atoms with Gasteiger partial charge in [0.1, 0.15) is 0 Å². The second kappa shape index (κ2) is 36.6. The molecule has 0 bridgehead atoms. The van der Waals surface area contributed by atoms with Crippen LogP contribution in [0, 0.1) is 48.5 Å². The lowest BCUT2D eigenvalue weighted by Gasteiger charge is -2.13. The van der Waals surface area contributed by atoms with E-state index in [1.165, 1.54) is 123 Å². The summed E-state index contributed by atoms with van der Waals surface area (Å²) in [5, 5.41) is 122. The second-order valence-corrected chi connectivity index (χ2v) is 17.3. The average molecular weight is 1190 g/mol. The Morgan fingerprint density at radius 2 is 0.690 bits per heavy atom. The Labute approximate surface area is 496 Å². The topological polar surface area (TPSA) is 476 Å². The molecule has 0 spiro atoms. The summed E-state index contributed by atoms with van der Waals surface area (Å²) in [4.78, 5) is 126. The van der Waals surface area contributed by atoms with E-state index >= 15 is 0 Å². The van der Waals surface area contributed by atoms with Crippen molar-refractivity contribution in [3.63, 3.8) is 0 Å². The zero-order valence-corrected chi connectivity index (χ0v) is 47.7. The van der Waals surface area contributed by atoms with Crippen LogP contribution in [0.3, 0.4) is 0 Å². The molecule has 0 radical (unpaired) electrons. The van der Waals surface area contributed by atoms with Gasteiger partial charge in [0.25, 0.3) is 0 Å². The fraction of sp³-hybridized carbons (Fsp3) is 0.143. The highest BCUT2D eigenvalue weighted by molar-refractivity contribution is 6.02. The van der Waals surface area contributed by atoms with Gasteiger partial charge in [-0.3, -0.25) is 0 Å². The van der Waals surface area contributed by atoms with Gasteiger partial charge in [-0.25, -0.2) is 9.59 Å². The van der Waals surface area contributed by atoms with Gasteiger partial charge in [-0.15, -0.1) is 0 Å². The Hall–Kier alpha value is -11.8. The van der Waals surface area contributed by atoms with Crippen molar-refractivity contribution < 1.29 is 119 Å². The monoisotopic (exact) mass is 1190 g/mol. The predicted molar refractivity (Wildman–Crippen MR) is 287 cm³/mol. The van der Waals surface area contributed by atoms with Crippen LogP contribution in [0.1, 0.15) is 177 Å². The summed E-state index contributed by atoms with van der Waals surface area (Å²) in [7, 11) is 0. The van der Waals surface area contributed by atoms with Crippen molar-refractivity contribution in [1.82, 2.24) is 0 Å². The molecule has 0 amide bonds. The molecule has 0 aliphatic rings. The van der Waals surface area contributed by atoms with E-state index in [2.05, 4.69) is 19.1 Å². The first-order chi connectivity index (χ1) is 40.5. The van der Waals surface area contributed by atoms with Crippen molar-refractivity contribution in [3.8, 4) is 0 Å². The van der Waals surface area contributed by atoms with E-state index in [1.807, 2.05) is 32.0 Å². The van der Waals surface area contributed by atoms with Crippen molar-refractivity contribution in [2.24, 2.45) is 0 Å². The van der Waals surface area contributed by atoms with Gasteiger partial charge in [-0.1, -0.05) is 134 Å². The summed E-state index contributed by atoms with van der Waals surface area (Å²) in [6.07, 6.45) is 0. The fourth-order valence-electron chi connectivity index (χ4n) is 6.75. The summed E-state index contributed by atoms with van der Waals surface area (Å²) in [5.74, 6) is -16.5. The SMILES string of the molecule is CC.Cc1c(C(=O)[O-])cccc1C(=O)[O-].Cc1cc(C(=O)[O-])cc(C(=O)[O-])c1.Cc1cc(C(=O)[O-])ccc1C(=O)[O-].Cc1ccc(C(=O)O)cc1C(=O)O.Cc1ccc(C(=O)[O-])c(C(=O)[O-])c1.Cc1cccc(C(=O)[O-])c1C(=O)[O-].Cc1ccccc1. The fourth-order valence-corrected chi connectivity index (χ4v) is 6.75. The van der Waals surface area contributed by atoms with Gasteiger partial charge in [0.15, 0.2) is 0 Å². The smallest absolute Gasteiger partial charge is 0.335 e. The minimum absolute atomic E-state index is 0.00926. The largest absolute Gasteiger partial charge is 0.545 e. The van der Waals surface area contributed by atoms with E-state index in [9.17, 15) is 109 Å². The number of rotatable bonds is 12. The van der Waals surface area contributed by atoms with E-state index in [-0.39, 0.29) is 72.3 Å². The Balaban J connectivity index is 0.000000992. The van der Waals surface area contributed by atoms with Crippen molar-refractivity contribution >= 4 is 71.6 Å². The molecule has 7 aromatic rings. The van der Waals surface area contributed by atoms with Crippen molar-refractivity contribution in [2.75, 3.05) is 0 Å². The number of carbonyl (C=O) groups excluding carboxylic acids is 10. The van der Waals surface area contributed by atoms with Crippen molar-refractivity contribution in [3.05, 3.63) is 245 Å². The van der Waals surface area contributed by atoms with Crippen LogP contribution in [0.15, 0.2) is 140 Å². The van der Waals surface area contributed by atoms with Gasteiger partial charge in [0.2, 0.25) is 0 Å². The molecule has 0 aromatic heterocycles. The lowest BCUT2D eigenvalue weighted by molar-refractivity contribution is -0.259. The number of hydrogen-bond donors (Lipinski definition) is 2. The third kappa shape index (κ3) is 25.5. The van der Waals surface area contributed by atoms with Gasteiger partial charge >= 0.3 is 11.9 Å². The Morgan fingerprint density at radius 1 is 0.264 bits per heavy atom. The summed E-state index contributed by atoms with van der Waals surface area (Å²) >= 11 is 0. The predicted octanol–water partition coefficient (Wildman–Crippen LogP) is -1.98.